The zero-order valence-electron chi connectivity index (χ0n) is 18.2. The van der Waals surface area contributed by atoms with Crippen LogP contribution in [0, 0.1) is 0 Å². The van der Waals surface area contributed by atoms with Crippen LogP contribution in [0.2, 0.25) is 0 Å². The van der Waals surface area contributed by atoms with Gasteiger partial charge >= 0.3 is 12.1 Å². The van der Waals surface area contributed by atoms with Crippen molar-refractivity contribution in [3.8, 4) is 0 Å². The first kappa shape index (κ1) is 25.0. The number of amides is 1. The van der Waals surface area contributed by atoms with E-state index in [1.807, 2.05) is 30.3 Å². The van der Waals surface area contributed by atoms with Crippen LogP contribution >= 0.6 is 0 Å². The molecule has 0 aromatic heterocycles. The predicted octanol–water partition coefficient (Wildman–Crippen LogP) is 4.95. The largest absolute Gasteiger partial charge is 0.464 e. The highest BCUT2D eigenvalue weighted by molar-refractivity contribution is 5.80. The molecule has 0 radical (unpaired) electrons. The average molecular weight is 408 g/mol. The summed E-state index contributed by atoms with van der Waals surface area (Å²) in [6.07, 6.45) is 7.57. The molecule has 0 bridgehead atoms. The molecule has 0 aliphatic rings. The number of carbonyl (C=O) groups excluding carboxylic acids is 2. The van der Waals surface area contributed by atoms with E-state index in [1.165, 1.54) is 44.1 Å². The summed E-state index contributed by atoms with van der Waals surface area (Å²) in [4.78, 5) is 25.4. The number of benzene rings is 1. The Kier molecular flexibility index (Phi) is 13.6. The van der Waals surface area contributed by atoms with Crippen LogP contribution in [-0.2, 0) is 25.6 Å². The lowest BCUT2D eigenvalue weighted by Crippen LogP contribution is -2.42. The summed E-state index contributed by atoms with van der Waals surface area (Å²) in [7, 11) is 1.53. The molecule has 0 aliphatic heterocycles. The van der Waals surface area contributed by atoms with Crippen molar-refractivity contribution in [3.05, 3.63) is 35.9 Å². The topological polar surface area (TPSA) is 65.1 Å². The van der Waals surface area contributed by atoms with E-state index >= 15 is 0 Å². The molecule has 29 heavy (non-hydrogen) atoms. The summed E-state index contributed by atoms with van der Waals surface area (Å²) in [6, 6.07) is 9.10. The lowest BCUT2D eigenvalue weighted by Gasteiger charge is -2.22. The van der Waals surface area contributed by atoms with Gasteiger partial charge in [-0.1, -0.05) is 75.8 Å². The molecule has 0 fully saturated rings. The Hall–Kier alpha value is -2.08. The molecular weight excluding hydrogens is 370 g/mol. The zero-order valence-corrected chi connectivity index (χ0v) is 18.2. The van der Waals surface area contributed by atoms with Gasteiger partial charge in [-0.3, -0.25) is 4.90 Å². The number of hydrogen-bond acceptors (Lipinski definition) is 5. The third-order valence-electron chi connectivity index (χ3n) is 4.77. The molecule has 1 rings (SSSR count). The van der Waals surface area contributed by atoms with Crippen molar-refractivity contribution in [2.75, 3.05) is 26.9 Å². The van der Waals surface area contributed by atoms with Crippen LogP contribution in [0.5, 0.6) is 0 Å². The molecular formula is C23H37NO5. The minimum absolute atomic E-state index is 0.135. The Morgan fingerprint density at radius 1 is 0.897 bits per heavy atom. The van der Waals surface area contributed by atoms with Gasteiger partial charge in [0.1, 0.15) is 12.6 Å². The molecule has 0 saturated heterocycles. The fourth-order valence-electron chi connectivity index (χ4n) is 2.72. The van der Waals surface area contributed by atoms with Crippen LogP contribution in [0.4, 0.5) is 4.79 Å². The second-order valence-electron chi connectivity index (χ2n) is 7.23. The van der Waals surface area contributed by atoms with Gasteiger partial charge in [0.15, 0.2) is 0 Å². The molecule has 1 atom stereocenters. The lowest BCUT2D eigenvalue weighted by atomic mass is 10.1. The molecule has 0 spiro atoms. The number of hydrogen-bond donors (Lipinski definition) is 0. The van der Waals surface area contributed by atoms with Crippen LogP contribution in [0.25, 0.3) is 0 Å². The fourth-order valence-corrected chi connectivity index (χ4v) is 2.72. The maximum atomic E-state index is 12.1. The quantitative estimate of drug-likeness (QED) is 0.304. The summed E-state index contributed by atoms with van der Waals surface area (Å²) in [6.45, 7) is 5.14. The van der Waals surface area contributed by atoms with Crippen molar-refractivity contribution in [3.63, 3.8) is 0 Å². The molecule has 6 heteroatoms. The molecule has 0 N–H and O–H groups in total. The molecule has 1 aromatic carbocycles. The number of likely N-dealkylation sites (N-methyl/N-ethyl adjacent to an activating group) is 1. The van der Waals surface area contributed by atoms with E-state index in [9.17, 15) is 9.59 Å². The minimum atomic E-state index is -0.683. The first-order valence-corrected chi connectivity index (χ1v) is 10.7. The molecule has 0 aliphatic carbocycles. The summed E-state index contributed by atoms with van der Waals surface area (Å²) < 4.78 is 15.9. The Balaban J connectivity index is 2.10. The van der Waals surface area contributed by atoms with E-state index in [0.717, 1.165) is 18.4 Å². The van der Waals surface area contributed by atoms with Crippen LogP contribution < -0.4 is 0 Å². The third kappa shape index (κ3) is 11.5. The molecule has 0 saturated carbocycles. The lowest BCUT2D eigenvalue weighted by molar-refractivity contribution is -0.148. The highest BCUT2D eigenvalue weighted by atomic mass is 16.6. The van der Waals surface area contributed by atoms with Crippen molar-refractivity contribution < 1.29 is 23.8 Å². The maximum absolute atomic E-state index is 12.1. The Labute approximate surface area is 175 Å². The second-order valence-corrected chi connectivity index (χ2v) is 7.23. The number of rotatable bonds is 15. The summed E-state index contributed by atoms with van der Waals surface area (Å²) in [5.74, 6) is -0.407. The zero-order chi connectivity index (χ0) is 21.3. The standard InChI is InChI=1S/C23H37NO5/c1-4-5-6-7-8-9-13-16-28-22(25)20(2)24(3)23(26)29-18-17-27-19-21-14-11-10-12-15-21/h10-12,14-15,20H,4-9,13,16-19H2,1-3H3. The van der Waals surface area contributed by atoms with E-state index in [0.29, 0.717) is 19.8 Å². The van der Waals surface area contributed by atoms with Gasteiger partial charge in [0.25, 0.3) is 0 Å². The normalized spacial score (nSPS) is 11.7. The fraction of sp³-hybridized carbons (Fsp3) is 0.652. The number of unbranched alkanes of at least 4 members (excludes halogenated alkanes) is 6. The van der Waals surface area contributed by atoms with E-state index in [-0.39, 0.29) is 6.61 Å². The van der Waals surface area contributed by atoms with Crippen LogP contribution in [0.15, 0.2) is 30.3 Å². The van der Waals surface area contributed by atoms with Gasteiger partial charge in [-0.05, 0) is 18.9 Å². The number of esters is 1. The SMILES string of the molecule is CCCCCCCCCOC(=O)C(C)N(C)C(=O)OCCOCc1ccccc1. The van der Waals surface area contributed by atoms with Crippen molar-refractivity contribution >= 4 is 12.1 Å². The van der Waals surface area contributed by atoms with Crippen molar-refractivity contribution in [1.29, 1.82) is 0 Å². The van der Waals surface area contributed by atoms with Gasteiger partial charge in [-0.2, -0.15) is 0 Å². The van der Waals surface area contributed by atoms with Crippen LogP contribution in [0.3, 0.4) is 0 Å². The van der Waals surface area contributed by atoms with Gasteiger partial charge in [0.2, 0.25) is 0 Å². The third-order valence-corrected chi connectivity index (χ3v) is 4.77. The summed E-state index contributed by atoms with van der Waals surface area (Å²) >= 11 is 0. The van der Waals surface area contributed by atoms with Gasteiger partial charge in [-0.25, -0.2) is 9.59 Å². The van der Waals surface area contributed by atoms with E-state index in [2.05, 4.69) is 6.92 Å². The molecule has 164 valence electrons. The number of ether oxygens (including phenoxy) is 3. The average Bonchev–Trinajstić information content (AvgIpc) is 2.74. The van der Waals surface area contributed by atoms with Crippen molar-refractivity contribution in [2.24, 2.45) is 0 Å². The van der Waals surface area contributed by atoms with Crippen molar-refractivity contribution in [1.82, 2.24) is 4.90 Å². The van der Waals surface area contributed by atoms with Gasteiger partial charge in [-0.15, -0.1) is 0 Å². The molecule has 1 amide bonds. The van der Waals surface area contributed by atoms with Gasteiger partial charge in [0.05, 0.1) is 19.8 Å². The van der Waals surface area contributed by atoms with Gasteiger partial charge < -0.3 is 14.2 Å². The molecule has 6 nitrogen and oxygen atoms in total. The first-order valence-electron chi connectivity index (χ1n) is 10.7. The molecule has 0 heterocycles. The second kappa shape index (κ2) is 15.8. The Morgan fingerprint density at radius 2 is 1.55 bits per heavy atom. The first-order chi connectivity index (χ1) is 14.1. The van der Waals surface area contributed by atoms with Crippen LogP contribution in [-0.4, -0.2) is 49.9 Å². The highest BCUT2D eigenvalue weighted by Crippen LogP contribution is 2.08. The number of nitrogens with zero attached hydrogens (tertiary/aromatic N) is 1. The predicted molar refractivity (Wildman–Crippen MR) is 114 cm³/mol. The van der Waals surface area contributed by atoms with E-state index < -0.39 is 18.1 Å². The summed E-state index contributed by atoms with van der Waals surface area (Å²) in [5.41, 5.74) is 1.06. The number of carbonyl (C=O) groups is 2. The monoisotopic (exact) mass is 407 g/mol. The van der Waals surface area contributed by atoms with Crippen molar-refractivity contribution in [2.45, 2.75) is 71.4 Å². The Morgan fingerprint density at radius 3 is 2.24 bits per heavy atom. The minimum Gasteiger partial charge on any atom is -0.464 e. The summed E-state index contributed by atoms with van der Waals surface area (Å²) in [5, 5.41) is 0. The van der Waals surface area contributed by atoms with Crippen LogP contribution in [0.1, 0.15) is 64.4 Å². The maximum Gasteiger partial charge on any atom is 0.410 e. The highest BCUT2D eigenvalue weighted by Gasteiger charge is 2.24. The molecule has 1 unspecified atom stereocenters. The van der Waals surface area contributed by atoms with Gasteiger partial charge in [0, 0.05) is 7.05 Å². The smallest absolute Gasteiger partial charge is 0.410 e. The Bertz CT molecular complexity index is 564. The van der Waals surface area contributed by atoms with E-state index in [4.69, 9.17) is 14.2 Å². The van der Waals surface area contributed by atoms with E-state index in [1.54, 1.807) is 6.92 Å². The molecule has 1 aromatic rings.